The van der Waals surface area contributed by atoms with Gasteiger partial charge in [0.25, 0.3) is 0 Å². The second-order valence-electron chi connectivity index (χ2n) is 4.77. The minimum absolute atomic E-state index is 0.422. The highest BCUT2D eigenvalue weighted by atomic mass is 32.1. The van der Waals surface area contributed by atoms with E-state index in [-0.39, 0.29) is 0 Å². The molecule has 1 saturated heterocycles. The Morgan fingerprint density at radius 3 is 2.68 bits per heavy atom. The molecule has 1 aliphatic rings. The summed E-state index contributed by atoms with van der Waals surface area (Å²) in [7, 11) is 0. The van der Waals surface area contributed by atoms with Crippen LogP contribution < -0.4 is 5.32 Å². The first-order valence-corrected chi connectivity index (χ1v) is 7.23. The van der Waals surface area contributed by atoms with Gasteiger partial charge in [-0.15, -0.1) is 11.3 Å². The highest BCUT2D eigenvalue weighted by molar-refractivity contribution is 7.10. The molecule has 5 heteroatoms. The molecule has 2 aromatic rings. The van der Waals surface area contributed by atoms with Gasteiger partial charge in [-0.3, -0.25) is 0 Å². The van der Waals surface area contributed by atoms with Gasteiger partial charge in [0.1, 0.15) is 11.6 Å². The van der Waals surface area contributed by atoms with Crippen LogP contribution in [-0.4, -0.2) is 18.1 Å². The van der Waals surface area contributed by atoms with Crippen molar-refractivity contribution in [2.24, 2.45) is 0 Å². The van der Waals surface area contributed by atoms with Crippen LogP contribution in [0.1, 0.15) is 23.8 Å². The quantitative estimate of drug-likeness (QED) is 0.910. The van der Waals surface area contributed by atoms with E-state index in [1.54, 1.807) is 11.3 Å². The second-order valence-corrected chi connectivity index (χ2v) is 5.66. The van der Waals surface area contributed by atoms with Crippen LogP contribution >= 0.6 is 11.3 Å². The monoisotopic (exact) mass is 280 g/mol. The molecule has 0 spiro atoms. The van der Waals surface area contributed by atoms with E-state index in [2.05, 4.69) is 10.3 Å². The van der Waals surface area contributed by atoms with Gasteiger partial charge in [0, 0.05) is 29.5 Å². The van der Waals surface area contributed by atoms with Crippen molar-refractivity contribution in [1.29, 1.82) is 0 Å². The van der Waals surface area contributed by atoms with Crippen LogP contribution in [0.4, 0.5) is 8.78 Å². The smallest absolute Gasteiger partial charge is 0.126 e. The van der Waals surface area contributed by atoms with Crippen molar-refractivity contribution in [2.45, 2.75) is 18.8 Å². The lowest BCUT2D eigenvalue weighted by Crippen LogP contribution is -2.28. The molecule has 100 valence electrons. The van der Waals surface area contributed by atoms with Gasteiger partial charge in [-0.1, -0.05) is 0 Å². The van der Waals surface area contributed by atoms with Crippen LogP contribution in [0.3, 0.4) is 0 Å². The number of benzene rings is 1. The van der Waals surface area contributed by atoms with Gasteiger partial charge in [-0.05, 0) is 31.5 Å². The fourth-order valence-corrected chi connectivity index (χ4v) is 3.34. The van der Waals surface area contributed by atoms with E-state index < -0.39 is 11.6 Å². The Bertz CT molecular complexity index is 556. The molecular formula is C14H14F2N2S. The number of nitrogens with one attached hydrogen (secondary N) is 1. The zero-order valence-electron chi connectivity index (χ0n) is 10.3. The Labute approximate surface area is 114 Å². The topological polar surface area (TPSA) is 24.9 Å². The van der Waals surface area contributed by atoms with Crippen molar-refractivity contribution in [3.05, 3.63) is 40.2 Å². The zero-order valence-corrected chi connectivity index (χ0v) is 11.1. The number of thiazole rings is 1. The highest BCUT2D eigenvalue weighted by Crippen LogP contribution is 2.30. The summed E-state index contributed by atoms with van der Waals surface area (Å²) in [5, 5.41) is 6.27. The molecule has 0 aliphatic carbocycles. The zero-order chi connectivity index (χ0) is 13.2. The molecule has 1 atom stereocenters. The minimum atomic E-state index is -0.566. The van der Waals surface area contributed by atoms with E-state index in [0.717, 1.165) is 37.0 Å². The van der Waals surface area contributed by atoms with E-state index in [1.165, 1.54) is 12.1 Å². The molecule has 2 nitrogen and oxygen atoms in total. The first-order valence-electron chi connectivity index (χ1n) is 6.35. The van der Waals surface area contributed by atoms with Crippen LogP contribution in [-0.2, 0) is 0 Å². The molecule has 1 aliphatic heterocycles. The molecule has 1 fully saturated rings. The minimum Gasteiger partial charge on any atom is -0.316 e. The van der Waals surface area contributed by atoms with Gasteiger partial charge in [0.15, 0.2) is 0 Å². The van der Waals surface area contributed by atoms with Crippen LogP contribution in [0, 0.1) is 11.6 Å². The van der Waals surface area contributed by atoms with Crippen molar-refractivity contribution in [1.82, 2.24) is 10.3 Å². The molecule has 3 rings (SSSR count). The summed E-state index contributed by atoms with van der Waals surface area (Å²) >= 11 is 1.57. The fourth-order valence-electron chi connectivity index (χ4n) is 2.37. The standard InChI is InChI=1S/C14H14F2N2S/c15-11-4-10(5-12(16)6-11)13-8-19-14(18-13)9-2-1-3-17-7-9/h4-6,8-9,17H,1-3,7H2. The summed E-state index contributed by atoms with van der Waals surface area (Å²) < 4.78 is 26.4. The summed E-state index contributed by atoms with van der Waals surface area (Å²) in [5.74, 6) is -0.710. The Balaban J connectivity index is 1.87. The van der Waals surface area contributed by atoms with Crippen molar-refractivity contribution in [3.63, 3.8) is 0 Å². The maximum atomic E-state index is 13.2. The average Bonchev–Trinajstić information content (AvgIpc) is 2.88. The molecule has 0 amide bonds. The fraction of sp³-hybridized carbons (Fsp3) is 0.357. The number of hydrogen-bond donors (Lipinski definition) is 1. The van der Waals surface area contributed by atoms with Crippen molar-refractivity contribution in [2.75, 3.05) is 13.1 Å². The van der Waals surface area contributed by atoms with Crippen LogP contribution in [0.15, 0.2) is 23.6 Å². The SMILES string of the molecule is Fc1cc(F)cc(-c2csc(C3CCCNC3)n2)c1. The molecule has 0 bridgehead atoms. The second kappa shape index (κ2) is 5.35. The Hall–Kier alpha value is -1.33. The summed E-state index contributed by atoms with van der Waals surface area (Å²) in [6, 6.07) is 3.52. The third kappa shape index (κ3) is 2.82. The van der Waals surface area contributed by atoms with E-state index in [9.17, 15) is 8.78 Å². The lowest BCUT2D eigenvalue weighted by molar-refractivity contribution is 0.460. The molecular weight excluding hydrogens is 266 g/mol. The third-order valence-corrected chi connectivity index (χ3v) is 4.33. The Kier molecular flexibility index (Phi) is 3.57. The van der Waals surface area contributed by atoms with Gasteiger partial charge in [0.2, 0.25) is 0 Å². The van der Waals surface area contributed by atoms with Crippen molar-refractivity contribution >= 4 is 11.3 Å². The first-order chi connectivity index (χ1) is 9.22. The van der Waals surface area contributed by atoms with Gasteiger partial charge in [-0.25, -0.2) is 13.8 Å². The van der Waals surface area contributed by atoms with Crippen LogP contribution in [0.5, 0.6) is 0 Å². The normalized spacial score (nSPS) is 19.6. The number of nitrogens with zero attached hydrogens (tertiary/aromatic N) is 1. The lowest BCUT2D eigenvalue weighted by atomic mass is 10.0. The summed E-state index contributed by atoms with van der Waals surface area (Å²) in [4.78, 5) is 4.53. The molecule has 0 saturated carbocycles. The van der Waals surface area contributed by atoms with Crippen molar-refractivity contribution < 1.29 is 8.78 Å². The number of rotatable bonds is 2. The summed E-state index contributed by atoms with van der Waals surface area (Å²) in [6.45, 7) is 1.99. The molecule has 2 heterocycles. The number of halogens is 2. The number of aromatic nitrogens is 1. The number of hydrogen-bond acceptors (Lipinski definition) is 3. The predicted octanol–water partition coefficient (Wildman–Crippen LogP) is 3.56. The van der Waals surface area contributed by atoms with Gasteiger partial charge < -0.3 is 5.32 Å². The molecule has 0 radical (unpaired) electrons. The molecule has 1 aromatic carbocycles. The average molecular weight is 280 g/mol. The predicted molar refractivity (Wildman–Crippen MR) is 72.3 cm³/mol. The Morgan fingerprint density at radius 2 is 2.00 bits per heavy atom. The summed E-state index contributed by atoms with van der Waals surface area (Å²) in [6.07, 6.45) is 2.27. The molecule has 1 unspecified atom stereocenters. The third-order valence-electron chi connectivity index (χ3n) is 3.33. The van der Waals surface area contributed by atoms with Gasteiger partial charge >= 0.3 is 0 Å². The largest absolute Gasteiger partial charge is 0.316 e. The Morgan fingerprint density at radius 1 is 1.21 bits per heavy atom. The van der Waals surface area contributed by atoms with Crippen LogP contribution in [0.25, 0.3) is 11.3 Å². The molecule has 1 aromatic heterocycles. The first kappa shape index (κ1) is 12.7. The number of piperidine rings is 1. The lowest BCUT2D eigenvalue weighted by Gasteiger charge is -2.20. The summed E-state index contributed by atoms with van der Waals surface area (Å²) in [5.41, 5.74) is 1.16. The van der Waals surface area contributed by atoms with E-state index in [4.69, 9.17) is 0 Å². The maximum Gasteiger partial charge on any atom is 0.126 e. The van der Waals surface area contributed by atoms with E-state index in [0.29, 0.717) is 17.2 Å². The van der Waals surface area contributed by atoms with Crippen molar-refractivity contribution in [3.8, 4) is 11.3 Å². The van der Waals surface area contributed by atoms with Crippen LogP contribution in [0.2, 0.25) is 0 Å². The van der Waals surface area contributed by atoms with E-state index >= 15 is 0 Å². The van der Waals surface area contributed by atoms with E-state index in [1.807, 2.05) is 5.38 Å². The highest BCUT2D eigenvalue weighted by Gasteiger charge is 2.19. The maximum absolute atomic E-state index is 13.2. The van der Waals surface area contributed by atoms with Gasteiger partial charge in [-0.2, -0.15) is 0 Å². The molecule has 19 heavy (non-hydrogen) atoms. The molecule has 1 N–H and O–H groups in total. The van der Waals surface area contributed by atoms with Gasteiger partial charge in [0.05, 0.1) is 10.7 Å².